The molecule has 0 radical (unpaired) electrons. The van der Waals surface area contributed by atoms with Crippen LogP contribution in [-0.4, -0.2) is 14.6 Å². The average molecular weight is 242 g/mol. The van der Waals surface area contributed by atoms with E-state index in [2.05, 4.69) is 4.98 Å². The molecule has 2 rings (SSSR count). The predicted octanol–water partition coefficient (Wildman–Crippen LogP) is 1.22. The Morgan fingerprint density at radius 3 is 2.71 bits per heavy atom. The number of fused-ring (bicyclic) bond motifs is 1. The first-order valence-electron chi connectivity index (χ1n) is 4.44. The van der Waals surface area contributed by atoms with Gasteiger partial charge in [-0.2, -0.15) is 22.9 Å². The summed E-state index contributed by atoms with van der Waals surface area (Å²) >= 11 is 0. The van der Waals surface area contributed by atoms with E-state index >= 15 is 0 Å². The second-order valence-electron chi connectivity index (χ2n) is 3.37. The highest BCUT2D eigenvalue weighted by Crippen LogP contribution is 2.31. The number of H-pyrrole nitrogens is 1. The molecule has 2 heterocycles. The predicted molar refractivity (Wildman–Crippen MR) is 50.3 cm³/mol. The third-order valence-electron chi connectivity index (χ3n) is 2.14. The number of alkyl halides is 3. The third kappa shape index (κ3) is 1.65. The largest absolute Gasteiger partial charge is 0.434 e. The van der Waals surface area contributed by atoms with Crippen LogP contribution < -0.4 is 5.56 Å². The molecular formula is C9H5F3N4O. The standard InChI is InChI=1S/C9H5F3N4O/c1-4-2-6(17)16-8(14-4)5(3-13)7(15-16)9(10,11)12/h2,15H,1H3. The second kappa shape index (κ2) is 3.35. The van der Waals surface area contributed by atoms with Gasteiger partial charge in [0, 0.05) is 11.8 Å². The number of aromatic nitrogens is 3. The van der Waals surface area contributed by atoms with Gasteiger partial charge in [-0.15, -0.1) is 0 Å². The zero-order valence-corrected chi connectivity index (χ0v) is 8.46. The minimum absolute atomic E-state index is 0.249. The van der Waals surface area contributed by atoms with E-state index in [4.69, 9.17) is 5.26 Å². The quantitative estimate of drug-likeness (QED) is 0.754. The normalized spacial score (nSPS) is 11.7. The molecule has 88 valence electrons. The lowest BCUT2D eigenvalue weighted by Gasteiger charge is -2.01. The Balaban J connectivity index is 2.96. The first kappa shape index (κ1) is 11.2. The van der Waals surface area contributed by atoms with Crippen LogP contribution in [0, 0.1) is 18.3 Å². The highest BCUT2D eigenvalue weighted by molar-refractivity contribution is 5.58. The van der Waals surface area contributed by atoms with E-state index in [9.17, 15) is 18.0 Å². The Hall–Kier alpha value is -2.30. The molecule has 8 heteroatoms. The van der Waals surface area contributed by atoms with Gasteiger partial charge in [0.2, 0.25) is 0 Å². The molecule has 0 saturated carbocycles. The molecule has 0 aromatic carbocycles. The van der Waals surface area contributed by atoms with E-state index in [0.29, 0.717) is 4.52 Å². The van der Waals surface area contributed by atoms with Gasteiger partial charge in [-0.3, -0.25) is 9.89 Å². The topological polar surface area (TPSA) is 73.9 Å². The lowest BCUT2D eigenvalue weighted by molar-refractivity contribution is -0.141. The van der Waals surface area contributed by atoms with Crippen LogP contribution in [0.2, 0.25) is 0 Å². The van der Waals surface area contributed by atoms with Gasteiger partial charge < -0.3 is 0 Å². The van der Waals surface area contributed by atoms with E-state index in [0.717, 1.165) is 6.07 Å². The molecule has 0 atom stereocenters. The first-order valence-corrected chi connectivity index (χ1v) is 4.44. The van der Waals surface area contributed by atoms with Crippen molar-refractivity contribution in [2.75, 3.05) is 0 Å². The van der Waals surface area contributed by atoms with E-state index in [-0.39, 0.29) is 11.3 Å². The summed E-state index contributed by atoms with van der Waals surface area (Å²) in [5.41, 5.74) is -2.71. The van der Waals surface area contributed by atoms with Crippen LogP contribution in [0.25, 0.3) is 5.65 Å². The summed E-state index contributed by atoms with van der Waals surface area (Å²) in [6.07, 6.45) is -4.74. The number of halogens is 3. The molecular weight excluding hydrogens is 237 g/mol. The van der Waals surface area contributed by atoms with Crippen LogP contribution in [0.15, 0.2) is 10.9 Å². The van der Waals surface area contributed by atoms with E-state index in [1.807, 2.05) is 5.10 Å². The zero-order chi connectivity index (χ0) is 12.8. The van der Waals surface area contributed by atoms with Crippen LogP contribution >= 0.6 is 0 Å². The molecule has 0 aliphatic heterocycles. The molecule has 0 amide bonds. The maximum Gasteiger partial charge on any atom is 0.434 e. The third-order valence-corrected chi connectivity index (χ3v) is 2.14. The molecule has 0 bridgehead atoms. The van der Waals surface area contributed by atoms with Crippen molar-refractivity contribution in [3.63, 3.8) is 0 Å². The molecule has 0 aliphatic carbocycles. The number of nitriles is 1. The van der Waals surface area contributed by atoms with E-state index in [1.54, 1.807) is 0 Å². The lowest BCUT2D eigenvalue weighted by atomic mass is 10.2. The smallest absolute Gasteiger partial charge is 0.284 e. The highest BCUT2D eigenvalue weighted by Gasteiger charge is 2.37. The maximum atomic E-state index is 12.6. The average Bonchev–Trinajstić information content (AvgIpc) is 2.55. The second-order valence-corrected chi connectivity index (χ2v) is 3.37. The maximum absolute atomic E-state index is 12.6. The van der Waals surface area contributed by atoms with Crippen LogP contribution in [0.1, 0.15) is 17.0 Å². The molecule has 2 aromatic rings. The van der Waals surface area contributed by atoms with Gasteiger partial charge in [0.25, 0.3) is 5.56 Å². The van der Waals surface area contributed by atoms with E-state index in [1.165, 1.54) is 13.0 Å². The van der Waals surface area contributed by atoms with Gasteiger partial charge in [0.1, 0.15) is 11.6 Å². The Bertz CT molecular complexity index is 689. The van der Waals surface area contributed by atoms with Gasteiger partial charge >= 0.3 is 6.18 Å². The van der Waals surface area contributed by atoms with Crippen molar-refractivity contribution < 1.29 is 13.2 Å². The summed E-state index contributed by atoms with van der Waals surface area (Å²) in [7, 11) is 0. The number of hydrogen-bond donors (Lipinski definition) is 1. The summed E-state index contributed by atoms with van der Waals surface area (Å²) in [6, 6.07) is 2.48. The van der Waals surface area contributed by atoms with E-state index < -0.39 is 23.0 Å². The Kier molecular flexibility index (Phi) is 2.20. The monoisotopic (exact) mass is 242 g/mol. The van der Waals surface area contributed by atoms with Gasteiger partial charge in [-0.05, 0) is 6.92 Å². The van der Waals surface area contributed by atoms with Crippen LogP contribution in [-0.2, 0) is 6.18 Å². The fourth-order valence-electron chi connectivity index (χ4n) is 1.46. The molecule has 0 fully saturated rings. The molecule has 17 heavy (non-hydrogen) atoms. The van der Waals surface area contributed by atoms with Crippen molar-refractivity contribution >= 4 is 5.65 Å². The summed E-state index contributed by atoms with van der Waals surface area (Å²) in [5, 5.41) is 10.6. The first-order chi connectivity index (χ1) is 7.84. The van der Waals surface area contributed by atoms with Crippen molar-refractivity contribution in [3.8, 4) is 6.07 Å². The fraction of sp³-hybridized carbons (Fsp3) is 0.222. The molecule has 0 aliphatic rings. The molecule has 0 saturated heterocycles. The van der Waals surface area contributed by atoms with Gasteiger partial charge in [0.05, 0.1) is 0 Å². The summed E-state index contributed by atoms with van der Waals surface area (Å²) < 4.78 is 38.3. The number of aromatic amines is 1. The number of hydrogen-bond acceptors (Lipinski definition) is 3. The SMILES string of the molecule is Cc1cc(=O)n2[nH]c(C(F)(F)F)c(C#N)c2n1. The number of nitrogens with zero attached hydrogens (tertiary/aromatic N) is 3. The lowest BCUT2D eigenvalue weighted by Crippen LogP contribution is -2.15. The van der Waals surface area contributed by atoms with Crippen LogP contribution in [0.3, 0.4) is 0 Å². The minimum atomic E-state index is -4.74. The minimum Gasteiger partial charge on any atom is -0.284 e. The molecule has 0 unspecified atom stereocenters. The molecule has 0 spiro atoms. The highest BCUT2D eigenvalue weighted by atomic mass is 19.4. The summed E-state index contributed by atoms with van der Waals surface area (Å²) in [5.74, 6) is 0. The zero-order valence-electron chi connectivity index (χ0n) is 8.46. The Morgan fingerprint density at radius 2 is 2.18 bits per heavy atom. The Morgan fingerprint density at radius 1 is 1.53 bits per heavy atom. The Labute approximate surface area is 92.1 Å². The number of nitrogens with one attached hydrogen (secondary N) is 1. The van der Waals surface area contributed by atoms with Crippen molar-refractivity contribution in [1.29, 1.82) is 5.26 Å². The fourth-order valence-corrected chi connectivity index (χ4v) is 1.46. The number of rotatable bonds is 0. The van der Waals surface area contributed by atoms with Gasteiger partial charge in [0.15, 0.2) is 11.3 Å². The van der Waals surface area contributed by atoms with Crippen molar-refractivity contribution in [2.24, 2.45) is 0 Å². The molecule has 5 nitrogen and oxygen atoms in total. The van der Waals surface area contributed by atoms with Gasteiger partial charge in [-0.25, -0.2) is 4.98 Å². The van der Waals surface area contributed by atoms with Gasteiger partial charge in [-0.1, -0.05) is 0 Å². The van der Waals surface area contributed by atoms with Crippen molar-refractivity contribution in [1.82, 2.24) is 14.6 Å². The molecule has 2 aromatic heterocycles. The van der Waals surface area contributed by atoms with Crippen LogP contribution in [0.4, 0.5) is 13.2 Å². The molecule has 1 N–H and O–H groups in total. The summed E-state index contributed by atoms with van der Waals surface area (Å²) in [4.78, 5) is 15.2. The van der Waals surface area contributed by atoms with Crippen molar-refractivity contribution in [2.45, 2.75) is 13.1 Å². The number of aryl methyl sites for hydroxylation is 1. The van der Waals surface area contributed by atoms with Crippen LogP contribution in [0.5, 0.6) is 0 Å². The van der Waals surface area contributed by atoms with Crippen molar-refractivity contribution in [3.05, 3.63) is 33.4 Å². The summed E-state index contributed by atoms with van der Waals surface area (Å²) in [6.45, 7) is 1.46.